The van der Waals surface area contributed by atoms with Crippen LogP contribution >= 0.6 is 0 Å². The van der Waals surface area contributed by atoms with Crippen LogP contribution in [0.3, 0.4) is 0 Å². The van der Waals surface area contributed by atoms with Crippen molar-refractivity contribution >= 4 is 23.2 Å². The summed E-state index contributed by atoms with van der Waals surface area (Å²) in [4.78, 5) is 29.8. The minimum Gasteiger partial charge on any atom is -0.511 e. The number of carbonyl (C=O) groups is 2. The first-order valence-electron chi connectivity index (χ1n) is 9.01. The van der Waals surface area contributed by atoms with Gasteiger partial charge in [-0.3, -0.25) is 9.59 Å². The quantitative estimate of drug-likeness (QED) is 0.597. The Morgan fingerprint density at radius 1 is 1.30 bits per heavy atom. The summed E-state index contributed by atoms with van der Waals surface area (Å²) in [5, 5.41) is 10.9. The van der Waals surface area contributed by atoms with Crippen LogP contribution in [0.5, 0.6) is 5.75 Å². The van der Waals surface area contributed by atoms with Crippen molar-refractivity contribution in [1.29, 1.82) is 0 Å². The zero-order valence-electron chi connectivity index (χ0n) is 16.5. The molecule has 0 amide bonds. The predicted octanol–water partition coefficient (Wildman–Crippen LogP) is 4.17. The first kappa shape index (κ1) is 20.7. The number of rotatable bonds is 6. The zero-order chi connectivity index (χ0) is 20.2. The fourth-order valence-corrected chi connectivity index (χ4v) is 3.46. The van der Waals surface area contributed by atoms with Crippen LogP contribution in [-0.2, 0) is 14.3 Å². The smallest absolute Gasteiger partial charge is 0.316 e. The van der Waals surface area contributed by atoms with Gasteiger partial charge in [0.25, 0.3) is 0 Å². The number of allylic oxidation sites excluding steroid dienone is 1. The lowest BCUT2D eigenvalue weighted by molar-refractivity contribution is -0.150. The molecule has 1 aliphatic rings. The summed E-state index contributed by atoms with van der Waals surface area (Å²) < 4.78 is 10.2. The average Bonchev–Trinajstić information content (AvgIpc) is 2.60. The van der Waals surface area contributed by atoms with Gasteiger partial charge in [0, 0.05) is 6.42 Å². The molecule has 1 N–H and O–H groups in total. The largest absolute Gasteiger partial charge is 0.511 e. The molecule has 0 bridgehead atoms. The second kappa shape index (κ2) is 8.37. The number of hydrogen-bond donors (Lipinski definition) is 1. The van der Waals surface area contributed by atoms with Crippen molar-refractivity contribution < 1.29 is 24.2 Å². The molecule has 1 aromatic rings. The molecule has 0 heterocycles. The number of carbonyl (C=O) groups excluding carboxylic acids is 2. The van der Waals surface area contributed by atoms with Gasteiger partial charge in [0.15, 0.2) is 5.78 Å². The van der Waals surface area contributed by atoms with Crippen LogP contribution in [0.2, 0.25) is 0 Å². The van der Waals surface area contributed by atoms with Crippen LogP contribution in [-0.4, -0.2) is 36.8 Å². The van der Waals surface area contributed by atoms with Gasteiger partial charge in [-0.25, -0.2) is 4.99 Å². The van der Waals surface area contributed by atoms with Gasteiger partial charge in [-0.15, -0.1) is 0 Å². The summed E-state index contributed by atoms with van der Waals surface area (Å²) in [5.74, 6) is -1.38. The van der Waals surface area contributed by atoms with Gasteiger partial charge in [0.05, 0.1) is 25.5 Å². The van der Waals surface area contributed by atoms with Gasteiger partial charge >= 0.3 is 5.97 Å². The summed E-state index contributed by atoms with van der Waals surface area (Å²) in [5.41, 5.74) is 0.405. The summed E-state index contributed by atoms with van der Waals surface area (Å²) in [6, 6.07) is 7.21. The molecule has 6 nitrogen and oxygen atoms in total. The fraction of sp³-hybridized carbons (Fsp3) is 0.476. The second-order valence-corrected chi connectivity index (χ2v) is 7.29. The van der Waals surface area contributed by atoms with Crippen molar-refractivity contribution in [2.24, 2.45) is 16.3 Å². The van der Waals surface area contributed by atoms with Gasteiger partial charge in [-0.1, -0.05) is 39.3 Å². The van der Waals surface area contributed by atoms with E-state index in [1.54, 1.807) is 33.1 Å². The zero-order valence-corrected chi connectivity index (χ0v) is 16.5. The maximum absolute atomic E-state index is 12.9. The van der Waals surface area contributed by atoms with Crippen molar-refractivity contribution in [2.75, 3.05) is 14.2 Å². The Labute approximate surface area is 159 Å². The highest BCUT2D eigenvalue weighted by molar-refractivity contribution is 6.24. The molecule has 2 rings (SSSR count). The van der Waals surface area contributed by atoms with E-state index in [1.807, 2.05) is 19.1 Å². The molecule has 0 aliphatic heterocycles. The summed E-state index contributed by atoms with van der Waals surface area (Å²) >= 11 is 0. The van der Waals surface area contributed by atoms with Crippen molar-refractivity contribution in [3.8, 4) is 5.75 Å². The molecule has 0 aromatic heterocycles. The van der Waals surface area contributed by atoms with Crippen LogP contribution in [0.25, 0.3) is 0 Å². The van der Waals surface area contributed by atoms with Crippen molar-refractivity contribution in [1.82, 2.24) is 0 Å². The third-order valence-electron chi connectivity index (χ3n) is 4.76. The Balaban J connectivity index is 2.65. The number of aliphatic imine (C=N–C) groups is 1. The average molecular weight is 373 g/mol. The molecular formula is C21H27NO5. The summed E-state index contributed by atoms with van der Waals surface area (Å²) in [7, 11) is 2.82. The van der Waals surface area contributed by atoms with Crippen molar-refractivity contribution in [3.05, 3.63) is 35.6 Å². The van der Waals surface area contributed by atoms with E-state index in [0.717, 1.165) is 6.42 Å². The number of hydrogen-bond acceptors (Lipinski definition) is 6. The summed E-state index contributed by atoms with van der Waals surface area (Å²) in [6.45, 7) is 5.51. The van der Waals surface area contributed by atoms with Crippen LogP contribution in [0.1, 0.15) is 40.0 Å². The lowest BCUT2D eigenvalue weighted by Crippen LogP contribution is -2.41. The van der Waals surface area contributed by atoms with Crippen LogP contribution in [0.4, 0.5) is 5.69 Å². The molecule has 0 saturated carbocycles. The lowest BCUT2D eigenvalue weighted by Gasteiger charge is -2.36. The van der Waals surface area contributed by atoms with Crippen molar-refractivity contribution in [3.63, 3.8) is 0 Å². The first-order chi connectivity index (χ1) is 12.8. The van der Waals surface area contributed by atoms with E-state index in [0.29, 0.717) is 23.6 Å². The Hall–Kier alpha value is -2.63. The van der Waals surface area contributed by atoms with E-state index in [9.17, 15) is 14.7 Å². The van der Waals surface area contributed by atoms with E-state index in [1.165, 1.54) is 7.11 Å². The maximum atomic E-state index is 12.9. The number of benzene rings is 1. The van der Waals surface area contributed by atoms with E-state index < -0.39 is 17.3 Å². The maximum Gasteiger partial charge on any atom is 0.316 e. The third kappa shape index (κ3) is 4.21. The molecule has 146 valence electrons. The highest BCUT2D eigenvalue weighted by Gasteiger charge is 2.47. The fourth-order valence-electron chi connectivity index (χ4n) is 3.46. The van der Waals surface area contributed by atoms with Gasteiger partial charge in [-0.2, -0.15) is 0 Å². The Kier molecular flexibility index (Phi) is 6.41. The van der Waals surface area contributed by atoms with Gasteiger partial charge in [0.1, 0.15) is 23.1 Å². The third-order valence-corrected chi connectivity index (χ3v) is 4.76. The lowest BCUT2D eigenvalue weighted by atomic mass is 9.67. The molecule has 0 unspecified atom stereocenters. The number of esters is 1. The second-order valence-electron chi connectivity index (χ2n) is 7.29. The SMILES string of the molecule is CCCC(=Nc1ccccc1OC)C1=C(O)[C@H](C(=O)OC)C(C)(C)CC1=O. The molecule has 0 saturated heterocycles. The highest BCUT2D eigenvalue weighted by atomic mass is 16.5. The Morgan fingerprint density at radius 3 is 2.56 bits per heavy atom. The Morgan fingerprint density at radius 2 is 1.96 bits per heavy atom. The van der Waals surface area contributed by atoms with Crippen molar-refractivity contribution in [2.45, 2.75) is 40.0 Å². The molecular weight excluding hydrogens is 346 g/mol. The highest BCUT2D eigenvalue weighted by Crippen LogP contribution is 2.43. The summed E-state index contributed by atoms with van der Waals surface area (Å²) in [6.07, 6.45) is 1.34. The molecule has 0 radical (unpaired) electrons. The van der Waals surface area contributed by atoms with Crippen LogP contribution in [0.15, 0.2) is 40.6 Å². The number of ether oxygens (including phenoxy) is 2. The standard InChI is InChI=1S/C21H27NO5/c1-6-9-14(22-13-10-7-8-11-16(13)26-4)17-15(23)12-21(2,3)18(19(17)24)20(25)27-5/h7-8,10-11,18,24H,6,9,12H2,1-5H3/t18-/m1/s1. The minimum atomic E-state index is -0.907. The van der Waals surface area contributed by atoms with Gasteiger partial charge in [0.2, 0.25) is 0 Å². The topological polar surface area (TPSA) is 85.2 Å². The molecule has 1 aliphatic carbocycles. The van der Waals surface area contributed by atoms with Crippen LogP contribution in [0, 0.1) is 11.3 Å². The normalized spacial score (nSPS) is 19.8. The van der Waals surface area contributed by atoms with Crippen LogP contribution < -0.4 is 4.74 Å². The van der Waals surface area contributed by atoms with E-state index in [2.05, 4.69) is 4.99 Å². The minimum absolute atomic E-state index is 0.123. The molecule has 1 atom stereocenters. The molecule has 6 heteroatoms. The molecule has 0 spiro atoms. The number of methoxy groups -OCH3 is 2. The number of Topliss-reactive ketones (excluding diaryl/α,β-unsaturated/α-hetero) is 1. The van der Waals surface area contributed by atoms with Gasteiger partial charge in [-0.05, 0) is 24.0 Å². The predicted molar refractivity (Wildman–Crippen MR) is 104 cm³/mol. The monoisotopic (exact) mass is 373 g/mol. The molecule has 0 fully saturated rings. The number of para-hydroxylation sites is 2. The molecule has 27 heavy (non-hydrogen) atoms. The number of nitrogens with zero attached hydrogens (tertiary/aromatic N) is 1. The number of ketones is 1. The van der Waals surface area contributed by atoms with E-state index in [4.69, 9.17) is 9.47 Å². The number of aliphatic hydroxyl groups is 1. The Bertz CT molecular complexity index is 792. The van der Waals surface area contributed by atoms with E-state index >= 15 is 0 Å². The molecule has 1 aromatic carbocycles. The number of aliphatic hydroxyl groups excluding tert-OH is 1. The van der Waals surface area contributed by atoms with E-state index in [-0.39, 0.29) is 23.5 Å². The van der Waals surface area contributed by atoms with Gasteiger partial charge < -0.3 is 14.6 Å². The first-order valence-corrected chi connectivity index (χ1v) is 9.01.